The highest BCUT2D eigenvalue weighted by Gasteiger charge is 2.09. The van der Waals surface area contributed by atoms with Crippen LogP contribution in [0.25, 0.3) is 0 Å². The Kier molecular flexibility index (Phi) is 4.14. The normalized spacial score (nSPS) is 11.4. The Morgan fingerprint density at radius 2 is 2.10 bits per heavy atom. The molecule has 1 amide bonds. The van der Waals surface area contributed by atoms with E-state index < -0.39 is 0 Å². The van der Waals surface area contributed by atoms with Crippen LogP contribution in [0.3, 0.4) is 0 Å². The molecule has 0 unspecified atom stereocenters. The number of H-pyrrole nitrogens is 1. The van der Waals surface area contributed by atoms with Gasteiger partial charge < -0.3 is 5.11 Å². The van der Waals surface area contributed by atoms with Crippen molar-refractivity contribution in [2.75, 3.05) is 0 Å². The van der Waals surface area contributed by atoms with E-state index in [1.165, 1.54) is 0 Å². The first-order chi connectivity index (χ1) is 9.60. The number of phenols is 1. The highest BCUT2D eigenvalue weighted by Crippen LogP contribution is 2.11. The summed E-state index contributed by atoms with van der Waals surface area (Å²) in [6.45, 7) is 3.76. The first kappa shape index (κ1) is 13.8. The summed E-state index contributed by atoms with van der Waals surface area (Å²) >= 11 is 0. The summed E-state index contributed by atoms with van der Waals surface area (Å²) in [5.74, 6) is -0.167. The Morgan fingerprint density at radius 1 is 1.40 bits per heavy atom. The number of aryl methyl sites for hydroxylation is 1. The molecule has 1 aromatic heterocycles. The number of nitrogens with one attached hydrogen (secondary N) is 2. The van der Waals surface area contributed by atoms with Crippen molar-refractivity contribution in [2.24, 2.45) is 5.10 Å². The number of aromatic amines is 1. The van der Waals surface area contributed by atoms with Crippen LogP contribution in [0.4, 0.5) is 0 Å². The number of carbonyl (C=O) groups is 1. The average molecular weight is 272 g/mol. The molecule has 6 heteroatoms. The highest BCUT2D eigenvalue weighted by molar-refractivity contribution is 6.01. The average Bonchev–Trinajstić information content (AvgIpc) is 2.88. The standard InChI is InChI=1S/C14H16N4O2/c1-3-12(10-4-6-11(19)7-5-10)16-18-14(20)13-8-9(2)15-17-13/h4-8,19H,3H2,1-2H3,(H,15,17)(H,18,20)/b16-12+. The lowest BCUT2D eigenvalue weighted by molar-refractivity contribution is 0.0950. The third-order valence-electron chi connectivity index (χ3n) is 2.77. The highest BCUT2D eigenvalue weighted by atomic mass is 16.3. The van der Waals surface area contributed by atoms with E-state index in [0.29, 0.717) is 12.1 Å². The number of rotatable bonds is 4. The van der Waals surface area contributed by atoms with Crippen LogP contribution >= 0.6 is 0 Å². The van der Waals surface area contributed by atoms with Gasteiger partial charge in [0, 0.05) is 5.69 Å². The van der Waals surface area contributed by atoms with Gasteiger partial charge in [-0.05, 0) is 49.2 Å². The Labute approximate surface area is 116 Å². The molecule has 0 bridgehead atoms. The predicted molar refractivity (Wildman–Crippen MR) is 75.7 cm³/mol. The molecule has 0 atom stereocenters. The van der Waals surface area contributed by atoms with Crippen molar-refractivity contribution < 1.29 is 9.90 Å². The summed E-state index contributed by atoms with van der Waals surface area (Å²) in [7, 11) is 0. The lowest BCUT2D eigenvalue weighted by atomic mass is 10.1. The molecule has 1 heterocycles. The Hall–Kier alpha value is -2.63. The van der Waals surface area contributed by atoms with E-state index in [1.54, 1.807) is 30.3 Å². The second-order valence-corrected chi connectivity index (χ2v) is 4.34. The summed E-state index contributed by atoms with van der Waals surface area (Å²) in [6.07, 6.45) is 0.657. The molecule has 3 N–H and O–H groups in total. The van der Waals surface area contributed by atoms with Gasteiger partial charge in [-0.1, -0.05) is 6.92 Å². The van der Waals surface area contributed by atoms with E-state index in [4.69, 9.17) is 0 Å². The molecule has 0 aliphatic heterocycles. The third kappa shape index (κ3) is 3.23. The molecule has 0 aliphatic carbocycles. The Morgan fingerprint density at radius 3 is 2.65 bits per heavy atom. The topological polar surface area (TPSA) is 90.4 Å². The first-order valence-electron chi connectivity index (χ1n) is 6.28. The summed E-state index contributed by atoms with van der Waals surface area (Å²) in [5.41, 5.74) is 5.17. The lowest BCUT2D eigenvalue weighted by Crippen LogP contribution is -2.20. The van der Waals surface area contributed by atoms with Gasteiger partial charge in [0.25, 0.3) is 5.91 Å². The molecule has 6 nitrogen and oxygen atoms in total. The molecule has 0 fully saturated rings. The van der Waals surface area contributed by atoms with Gasteiger partial charge >= 0.3 is 0 Å². The van der Waals surface area contributed by atoms with Gasteiger partial charge in [0.1, 0.15) is 5.75 Å². The van der Waals surface area contributed by atoms with Gasteiger partial charge in [-0.3, -0.25) is 9.89 Å². The van der Waals surface area contributed by atoms with Crippen LogP contribution in [0, 0.1) is 6.92 Å². The summed E-state index contributed by atoms with van der Waals surface area (Å²) < 4.78 is 0. The number of aromatic hydroxyl groups is 1. The first-order valence-corrected chi connectivity index (χ1v) is 6.28. The minimum absolute atomic E-state index is 0.195. The second-order valence-electron chi connectivity index (χ2n) is 4.34. The molecule has 0 saturated heterocycles. The number of amides is 1. The summed E-state index contributed by atoms with van der Waals surface area (Å²) in [6, 6.07) is 8.32. The maximum atomic E-state index is 11.8. The zero-order valence-electron chi connectivity index (χ0n) is 11.3. The van der Waals surface area contributed by atoms with Crippen LogP contribution in [-0.2, 0) is 0 Å². The molecule has 0 saturated carbocycles. The molecule has 0 aliphatic rings. The van der Waals surface area contributed by atoms with Crippen LogP contribution in [0.15, 0.2) is 35.4 Å². The van der Waals surface area contributed by atoms with Crippen molar-refractivity contribution in [3.05, 3.63) is 47.3 Å². The van der Waals surface area contributed by atoms with Crippen molar-refractivity contribution in [1.82, 2.24) is 15.6 Å². The zero-order valence-corrected chi connectivity index (χ0v) is 11.3. The molecular formula is C14H16N4O2. The number of aromatic nitrogens is 2. The third-order valence-corrected chi connectivity index (χ3v) is 2.77. The second kappa shape index (κ2) is 6.01. The largest absolute Gasteiger partial charge is 0.508 e. The maximum absolute atomic E-state index is 11.8. The Balaban J connectivity index is 2.11. The number of phenolic OH excluding ortho intramolecular Hbond substituents is 1. The fourth-order valence-electron chi connectivity index (χ4n) is 1.71. The summed E-state index contributed by atoms with van der Waals surface area (Å²) in [5, 5.41) is 19.9. The van der Waals surface area contributed by atoms with E-state index >= 15 is 0 Å². The molecule has 2 aromatic rings. The van der Waals surface area contributed by atoms with Crippen molar-refractivity contribution in [3.63, 3.8) is 0 Å². The molecule has 20 heavy (non-hydrogen) atoms. The molecular weight excluding hydrogens is 256 g/mol. The van der Waals surface area contributed by atoms with Crippen LogP contribution < -0.4 is 5.43 Å². The quantitative estimate of drug-likeness (QED) is 0.587. The van der Waals surface area contributed by atoms with Gasteiger partial charge in [-0.15, -0.1) is 0 Å². The van der Waals surface area contributed by atoms with Gasteiger partial charge in [0.05, 0.1) is 5.71 Å². The van der Waals surface area contributed by atoms with Crippen LogP contribution in [-0.4, -0.2) is 26.9 Å². The smallest absolute Gasteiger partial charge is 0.291 e. The molecule has 2 rings (SSSR count). The van der Waals surface area contributed by atoms with Crippen molar-refractivity contribution in [1.29, 1.82) is 0 Å². The number of carbonyl (C=O) groups excluding carboxylic acids is 1. The fourth-order valence-corrected chi connectivity index (χ4v) is 1.71. The number of hydrogen-bond donors (Lipinski definition) is 3. The van der Waals surface area contributed by atoms with Gasteiger partial charge in [-0.25, -0.2) is 5.43 Å². The number of hydrogen-bond acceptors (Lipinski definition) is 4. The van der Waals surface area contributed by atoms with Crippen molar-refractivity contribution >= 4 is 11.6 Å². The minimum atomic E-state index is -0.362. The number of hydrazone groups is 1. The van der Waals surface area contributed by atoms with Gasteiger partial charge in [0.2, 0.25) is 0 Å². The SMILES string of the molecule is CC/C(=N\NC(=O)c1cc(C)[nH]n1)c1ccc(O)cc1. The van der Waals surface area contributed by atoms with E-state index in [1.807, 2.05) is 13.8 Å². The zero-order chi connectivity index (χ0) is 14.5. The molecule has 1 aromatic carbocycles. The molecule has 104 valence electrons. The van der Waals surface area contributed by atoms with E-state index in [0.717, 1.165) is 17.0 Å². The van der Waals surface area contributed by atoms with E-state index in [-0.39, 0.29) is 11.7 Å². The maximum Gasteiger partial charge on any atom is 0.291 e. The van der Waals surface area contributed by atoms with Crippen LogP contribution in [0.5, 0.6) is 5.75 Å². The lowest BCUT2D eigenvalue weighted by Gasteiger charge is -2.04. The van der Waals surface area contributed by atoms with Crippen LogP contribution in [0.1, 0.15) is 35.1 Å². The van der Waals surface area contributed by atoms with Crippen molar-refractivity contribution in [3.8, 4) is 5.75 Å². The monoisotopic (exact) mass is 272 g/mol. The molecule has 0 radical (unpaired) electrons. The number of nitrogens with zero attached hydrogens (tertiary/aromatic N) is 2. The van der Waals surface area contributed by atoms with Gasteiger partial charge in [-0.2, -0.15) is 10.2 Å². The Bertz CT molecular complexity index is 629. The molecule has 0 spiro atoms. The summed E-state index contributed by atoms with van der Waals surface area (Å²) in [4.78, 5) is 11.8. The van der Waals surface area contributed by atoms with Gasteiger partial charge in [0.15, 0.2) is 5.69 Å². The number of benzene rings is 1. The van der Waals surface area contributed by atoms with Crippen LogP contribution in [0.2, 0.25) is 0 Å². The minimum Gasteiger partial charge on any atom is -0.508 e. The van der Waals surface area contributed by atoms with E-state index in [9.17, 15) is 9.90 Å². The predicted octanol–water partition coefficient (Wildman–Crippen LogP) is 1.97. The fraction of sp³-hybridized carbons (Fsp3) is 0.214. The van der Waals surface area contributed by atoms with Crippen molar-refractivity contribution in [2.45, 2.75) is 20.3 Å². The van der Waals surface area contributed by atoms with E-state index in [2.05, 4.69) is 20.7 Å².